The van der Waals surface area contributed by atoms with E-state index in [9.17, 15) is 9.90 Å². The first kappa shape index (κ1) is 17.1. The number of nitrogens with zero attached hydrogens (tertiary/aromatic N) is 1. The van der Waals surface area contributed by atoms with Crippen LogP contribution in [-0.2, 0) is 17.7 Å². The zero-order valence-electron chi connectivity index (χ0n) is 14.7. The van der Waals surface area contributed by atoms with Gasteiger partial charge in [0, 0.05) is 23.1 Å². The van der Waals surface area contributed by atoms with E-state index in [4.69, 9.17) is 4.74 Å². The van der Waals surface area contributed by atoms with Crippen LogP contribution in [-0.4, -0.2) is 22.2 Å². The SMILES string of the molecule is CCOC(=O)c1c(C)n(CCCc2ccccc2)c2ccc(O)cc12. The zero-order chi connectivity index (χ0) is 17.8. The number of hydrogen-bond donors (Lipinski definition) is 1. The molecule has 0 unspecified atom stereocenters. The summed E-state index contributed by atoms with van der Waals surface area (Å²) >= 11 is 0. The Morgan fingerprint density at radius 1 is 1.16 bits per heavy atom. The second-order valence-electron chi connectivity index (χ2n) is 6.12. The third kappa shape index (κ3) is 3.53. The summed E-state index contributed by atoms with van der Waals surface area (Å²) in [6, 6.07) is 15.5. The van der Waals surface area contributed by atoms with Crippen molar-refractivity contribution < 1.29 is 14.6 Å². The van der Waals surface area contributed by atoms with Gasteiger partial charge in [0.2, 0.25) is 0 Å². The van der Waals surface area contributed by atoms with E-state index >= 15 is 0 Å². The summed E-state index contributed by atoms with van der Waals surface area (Å²) in [5.41, 5.74) is 3.69. The van der Waals surface area contributed by atoms with Crippen molar-refractivity contribution in [2.24, 2.45) is 0 Å². The largest absolute Gasteiger partial charge is 0.508 e. The molecule has 1 heterocycles. The Morgan fingerprint density at radius 3 is 2.64 bits per heavy atom. The van der Waals surface area contributed by atoms with E-state index in [2.05, 4.69) is 16.7 Å². The minimum absolute atomic E-state index is 0.152. The highest BCUT2D eigenvalue weighted by atomic mass is 16.5. The van der Waals surface area contributed by atoms with Crippen LogP contribution in [0, 0.1) is 6.92 Å². The van der Waals surface area contributed by atoms with Crippen LogP contribution in [0.4, 0.5) is 0 Å². The van der Waals surface area contributed by atoms with E-state index in [1.54, 1.807) is 19.1 Å². The number of carbonyl (C=O) groups is 1. The van der Waals surface area contributed by atoms with Crippen LogP contribution in [0.15, 0.2) is 48.5 Å². The molecule has 0 aliphatic heterocycles. The summed E-state index contributed by atoms with van der Waals surface area (Å²) in [5.74, 6) is -0.183. The Kier molecular flexibility index (Phi) is 5.08. The summed E-state index contributed by atoms with van der Waals surface area (Å²) in [7, 11) is 0. The molecule has 3 rings (SSSR count). The summed E-state index contributed by atoms with van der Waals surface area (Å²) < 4.78 is 7.35. The summed E-state index contributed by atoms with van der Waals surface area (Å²) in [6.07, 6.45) is 1.95. The number of esters is 1. The Hall–Kier alpha value is -2.75. The fourth-order valence-electron chi connectivity index (χ4n) is 3.31. The average molecular weight is 337 g/mol. The second kappa shape index (κ2) is 7.43. The molecular weight excluding hydrogens is 314 g/mol. The highest BCUT2D eigenvalue weighted by Crippen LogP contribution is 2.30. The number of fused-ring (bicyclic) bond motifs is 1. The first-order chi connectivity index (χ1) is 12.1. The topological polar surface area (TPSA) is 51.5 Å². The van der Waals surface area contributed by atoms with E-state index in [-0.39, 0.29) is 11.7 Å². The normalized spacial score (nSPS) is 11.0. The predicted molar refractivity (Wildman–Crippen MR) is 99.1 cm³/mol. The van der Waals surface area contributed by atoms with Crippen LogP contribution in [0.3, 0.4) is 0 Å². The van der Waals surface area contributed by atoms with Gasteiger partial charge in [0.1, 0.15) is 5.75 Å². The molecule has 0 aliphatic rings. The van der Waals surface area contributed by atoms with Crippen molar-refractivity contribution >= 4 is 16.9 Å². The van der Waals surface area contributed by atoms with Crippen molar-refractivity contribution in [3.63, 3.8) is 0 Å². The minimum atomic E-state index is -0.336. The number of benzene rings is 2. The molecule has 0 fully saturated rings. The lowest BCUT2D eigenvalue weighted by Crippen LogP contribution is -2.08. The van der Waals surface area contributed by atoms with Crippen molar-refractivity contribution in [1.29, 1.82) is 0 Å². The number of carbonyl (C=O) groups excluding carboxylic acids is 1. The van der Waals surface area contributed by atoms with Gasteiger partial charge in [-0.1, -0.05) is 30.3 Å². The second-order valence-corrected chi connectivity index (χ2v) is 6.12. The molecule has 0 saturated carbocycles. The lowest BCUT2D eigenvalue weighted by atomic mass is 10.1. The number of phenolic OH excluding ortho intramolecular Hbond substituents is 1. The third-order valence-electron chi connectivity index (χ3n) is 4.48. The standard InChI is InChI=1S/C21H23NO3/c1-3-25-21(24)20-15(2)22(19-12-11-17(23)14-18(19)20)13-7-10-16-8-5-4-6-9-16/h4-6,8-9,11-12,14,23H,3,7,10,13H2,1-2H3. The fourth-order valence-corrected chi connectivity index (χ4v) is 3.31. The molecule has 3 aromatic rings. The zero-order valence-corrected chi connectivity index (χ0v) is 14.7. The number of rotatable bonds is 6. The first-order valence-electron chi connectivity index (χ1n) is 8.64. The van der Waals surface area contributed by atoms with Gasteiger partial charge < -0.3 is 14.4 Å². The molecule has 4 nitrogen and oxygen atoms in total. The number of ether oxygens (including phenoxy) is 1. The Labute approximate surface area is 147 Å². The molecule has 25 heavy (non-hydrogen) atoms. The van der Waals surface area contributed by atoms with Crippen molar-refractivity contribution in [3.8, 4) is 5.75 Å². The van der Waals surface area contributed by atoms with E-state index in [0.717, 1.165) is 36.0 Å². The quantitative estimate of drug-likeness (QED) is 0.675. The summed E-state index contributed by atoms with van der Waals surface area (Å²) in [4.78, 5) is 12.4. The van der Waals surface area contributed by atoms with E-state index in [1.165, 1.54) is 5.56 Å². The summed E-state index contributed by atoms with van der Waals surface area (Å²) in [5, 5.41) is 10.6. The lowest BCUT2D eigenvalue weighted by molar-refractivity contribution is 0.0527. The number of phenols is 1. The Bertz CT molecular complexity index is 881. The molecule has 0 aliphatic carbocycles. The molecular formula is C21H23NO3. The third-order valence-corrected chi connectivity index (χ3v) is 4.48. The minimum Gasteiger partial charge on any atom is -0.508 e. The molecule has 0 amide bonds. The average Bonchev–Trinajstić information content (AvgIpc) is 2.87. The van der Waals surface area contributed by atoms with E-state index in [1.807, 2.05) is 31.2 Å². The predicted octanol–water partition coefficient (Wildman–Crippen LogP) is 4.46. The van der Waals surface area contributed by atoms with Crippen LogP contribution in [0.2, 0.25) is 0 Å². The van der Waals surface area contributed by atoms with Crippen LogP contribution < -0.4 is 0 Å². The molecule has 1 aromatic heterocycles. The molecule has 1 N–H and O–H groups in total. The molecule has 0 bridgehead atoms. The lowest BCUT2D eigenvalue weighted by Gasteiger charge is -2.09. The molecule has 130 valence electrons. The maximum atomic E-state index is 12.4. The number of hydrogen-bond acceptors (Lipinski definition) is 3. The van der Waals surface area contributed by atoms with Gasteiger partial charge in [0.05, 0.1) is 12.2 Å². The van der Waals surface area contributed by atoms with Crippen molar-refractivity contribution in [2.45, 2.75) is 33.2 Å². The van der Waals surface area contributed by atoms with Crippen molar-refractivity contribution in [1.82, 2.24) is 4.57 Å². The van der Waals surface area contributed by atoms with Gasteiger partial charge in [-0.05, 0) is 50.5 Å². The van der Waals surface area contributed by atoms with Gasteiger partial charge in [0.15, 0.2) is 0 Å². The van der Waals surface area contributed by atoms with Gasteiger partial charge in [-0.3, -0.25) is 0 Å². The molecule has 0 atom stereocenters. The van der Waals surface area contributed by atoms with Gasteiger partial charge in [-0.2, -0.15) is 0 Å². The monoisotopic (exact) mass is 337 g/mol. The van der Waals surface area contributed by atoms with Crippen molar-refractivity contribution in [2.75, 3.05) is 6.61 Å². The van der Waals surface area contributed by atoms with Crippen molar-refractivity contribution in [3.05, 3.63) is 65.4 Å². The molecule has 0 radical (unpaired) electrons. The van der Waals surface area contributed by atoms with E-state index < -0.39 is 0 Å². The van der Waals surface area contributed by atoms with Crippen LogP contribution >= 0.6 is 0 Å². The van der Waals surface area contributed by atoms with Crippen LogP contribution in [0.5, 0.6) is 5.75 Å². The van der Waals surface area contributed by atoms with Crippen LogP contribution in [0.1, 0.15) is 35.0 Å². The van der Waals surface area contributed by atoms with E-state index in [0.29, 0.717) is 12.2 Å². The van der Waals surface area contributed by atoms with Gasteiger partial charge in [-0.15, -0.1) is 0 Å². The maximum absolute atomic E-state index is 12.4. The molecule has 4 heteroatoms. The first-order valence-corrected chi connectivity index (χ1v) is 8.64. The van der Waals surface area contributed by atoms with Gasteiger partial charge in [0.25, 0.3) is 0 Å². The maximum Gasteiger partial charge on any atom is 0.340 e. The summed E-state index contributed by atoms with van der Waals surface area (Å²) in [6.45, 7) is 4.87. The van der Waals surface area contributed by atoms with Gasteiger partial charge in [-0.25, -0.2) is 4.79 Å². The van der Waals surface area contributed by atoms with Crippen LogP contribution in [0.25, 0.3) is 10.9 Å². The highest BCUT2D eigenvalue weighted by molar-refractivity contribution is 6.06. The molecule has 0 saturated heterocycles. The number of aromatic hydroxyl groups is 1. The number of aryl methyl sites for hydroxylation is 2. The Balaban J connectivity index is 1.91. The molecule has 0 spiro atoms. The highest BCUT2D eigenvalue weighted by Gasteiger charge is 2.21. The Morgan fingerprint density at radius 2 is 1.92 bits per heavy atom. The van der Waals surface area contributed by atoms with Gasteiger partial charge >= 0.3 is 5.97 Å². The fraction of sp³-hybridized carbons (Fsp3) is 0.286. The molecule has 2 aromatic carbocycles. The number of aromatic nitrogens is 1. The smallest absolute Gasteiger partial charge is 0.340 e.